The summed E-state index contributed by atoms with van der Waals surface area (Å²) in [6.07, 6.45) is 1.08. The molecule has 1 fully saturated rings. The van der Waals surface area contributed by atoms with Crippen molar-refractivity contribution in [2.75, 3.05) is 25.4 Å². The second kappa shape index (κ2) is 10.5. The monoisotopic (exact) mass is 452 g/mol. The van der Waals surface area contributed by atoms with Crippen molar-refractivity contribution in [3.05, 3.63) is 65.2 Å². The van der Waals surface area contributed by atoms with Gasteiger partial charge in [0.2, 0.25) is 15.9 Å². The Labute approximate surface area is 181 Å². The molecule has 0 radical (unpaired) electrons. The smallest absolute Gasteiger partial charge is 0.223 e. The first-order valence-electron chi connectivity index (χ1n) is 9.62. The third-order valence-electron chi connectivity index (χ3n) is 4.93. The number of hydrogen-bond donors (Lipinski definition) is 1. The molecule has 0 unspecified atom stereocenters. The van der Waals surface area contributed by atoms with E-state index in [9.17, 15) is 13.2 Å². The SMILES string of the molecule is O=C(NCCSc1ccccc1)C1CCN(S(=O)(=O)Cc2ccccc2Cl)CC1. The first-order chi connectivity index (χ1) is 14.0. The van der Waals surface area contributed by atoms with E-state index in [0.29, 0.717) is 43.1 Å². The number of hydrogen-bond acceptors (Lipinski definition) is 4. The van der Waals surface area contributed by atoms with Gasteiger partial charge in [-0.3, -0.25) is 4.79 Å². The molecule has 8 heteroatoms. The number of carbonyl (C=O) groups is 1. The first kappa shape index (κ1) is 22.2. The summed E-state index contributed by atoms with van der Waals surface area (Å²) in [5, 5.41) is 3.44. The minimum absolute atomic E-state index is 0.0156. The minimum Gasteiger partial charge on any atom is -0.355 e. The van der Waals surface area contributed by atoms with Crippen LogP contribution in [0.5, 0.6) is 0 Å². The zero-order chi connectivity index (χ0) is 20.7. The molecule has 0 bridgehead atoms. The second-order valence-corrected chi connectivity index (χ2v) is 10.5. The third-order valence-corrected chi connectivity index (χ3v) is 8.14. The van der Waals surface area contributed by atoms with E-state index < -0.39 is 10.0 Å². The van der Waals surface area contributed by atoms with Crippen molar-refractivity contribution in [3.8, 4) is 0 Å². The van der Waals surface area contributed by atoms with Crippen LogP contribution in [-0.4, -0.2) is 44.0 Å². The van der Waals surface area contributed by atoms with Gasteiger partial charge in [0.05, 0.1) is 5.75 Å². The van der Waals surface area contributed by atoms with E-state index in [2.05, 4.69) is 5.32 Å². The van der Waals surface area contributed by atoms with Crippen LogP contribution in [0, 0.1) is 5.92 Å². The summed E-state index contributed by atoms with van der Waals surface area (Å²) in [5.41, 5.74) is 0.602. The molecule has 5 nitrogen and oxygen atoms in total. The molecule has 156 valence electrons. The van der Waals surface area contributed by atoms with Gasteiger partial charge in [-0.25, -0.2) is 12.7 Å². The van der Waals surface area contributed by atoms with Crippen molar-refractivity contribution in [2.45, 2.75) is 23.5 Å². The Morgan fingerprint density at radius 1 is 1.07 bits per heavy atom. The molecule has 0 spiro atoms. The average molecular weight is 453 g/mol. The lowest BCUT2D eigenvalue weighted by Gasteiger charge is -2.30. The van der Waals surface area contributed by atoms with Crippen LogP contribution in [0.4, 0.5) is 0 Å². The normalized spacial score (nSPS) is 15.9. The predicted octanol–water partition coefficient (Wildman–Crippen LogP) is 3.79. The Morgan fingerprint density at radius 3 is 2.41 bits per heavy atom. The topological polar surface area (TPSA) is 66.5 Å². The Balaban J connectivity index is 1.42. The highest BCUT2D eigenvalue weighted by Gasteiger charge is 2.31. The van der Waals surface area contributed by atoms with Crippen LogP contribution in [0.3, 0.4) is 0 Å². The highest BCUT2D eigenvalue weighted by Crippen LogP contribution is 2.24. The fourth-order valence-corrected chi connectivity index (χ4v) is 5.97. The maximum Gasteiger partial charge on any atom is 0.223 e. The Kier molecular flexibility index (Phi) is 8.00. The molecule has 0 atom stereocenters. The van der Waals surface area contributed by atoms with Crippen molar-refractivity contribution >= 4 is 39.3 Å². The van der Waals surface area contributed by atoms with Gasteiger partial charge in [0.25, 0.3) is 0 Å². The predicted molar refractivity (Wildman–Crippen MR) is 119 cm³/mol. The highest BCUT2D eigenvalue weighted by molar-refractivity contribution is 7.99. The van der Waals surface area contributed by atoms with Crippen LogP contribution in [-0.2, 0) is 20.6 Å². The van der Waals surface area contributed by atoms with Crippen LogP contribution in [0.1, 0.15) is 18.4 Å². The number of halogens is 1. The Bertz CT molecular complexity index is 915. The maximum absolute atomic E-state index is 12.7. The number of rotatable bonds is 8. The lowest BCUT2D eigenvalue weighted by molar-refractivity contribution is -0.125. The van der Waals surface area contributed by atoms with Gasteiger partial charge in [-0.2, -0.15) is 0 Å². The highest BCUT2D eigenvalue weighted by atomic mass is 35.5. The summed E-state index contributed by atoms with van der Waals surface area (Å²) >= 11 is 7.80. The van der Waals surface area contributed by atoms with Crippen LogP contribution in [0.15, 0.2) is 59.5 Å². The molecule has 1 amide bonds. The van der Waals surface area contributed by atoms with Gasteiger partial charge in [-0.1, -0.05) is 48.0 Å². The van der Waals surface area contributed by atoms with Gasteiger partial charge in [-0.15, -0.1) is 11.8 Å². The van der Waals surface area contributed by atoms with E-state index in [1.165, 1.54) is 9.20 Å². The number of carbonyl (C=O) groups excluding carboxylic acids is 1. The minimum atomic E-state index is -3.45. The largest absolute Gasteiger partial charge is 0.355 e. The summed E-state index contributed by atoms with van der Waals surface area (Å²) in [7, 11) is -3.45. The summed E-state index contributed by atoms with van der Waals surface area (Å²) in [4.78, 5) is 13.6. The van der Waals surface area contributed by atoms with E-state index >= 15 is 0 Å². The quantitative estimate of drug-likeness (QED) is 0.488. The maximum atomic E-state index is 12.7. The van der Waals surface area contributed by atoms with E-state index in [0.717, 1.165) is 5.75 Å². The molecule has 2 aromatic rings. The van der Waals surface area contributed by atoms with Crippen molar-refractivity contribution in [1.82, 2.24) is 9.62 Å². The molecule has 1 aliphatic heterocycles. The fourth-order valence-electron chi connectivity index (χ4n) is 3.30. The van der Waals surface area contributed by atoms with Crippen molar-refractivity contribution in [2.24, 2.45) is 5.92 Å². The van der Waals surface area contributed by atoms with Gasteiger partial charge in [-0.05, 0) is 36.6 Å². The molecule has 1 heterocycles. The number of thioether (sulfide) groups is 1. The number of piperidine rings is 1. The van der Waals surface area contributed by atoms with Crippen LogP contribution >= 0.6 is 23.4 Å². The molecule has 1 saturated heterocycles. The molecule has 1 aliphatic rings. The number of nitrogens with zero attached hydrogens (tertiary/aromatic N) is 1. The lowest BCUT2D eigenvalue weighted by atomic mass is 9.97. The molecule has 3 rings (SSSR count). The summed E-state index contributed by atoms with van der Waals surface area (Å²) in [6, 6.07) is 17.0. The van der Waals surface area contributed by atoms with E-state index in [1.54, 1.807) is 36.0 Å². The van der Waals surface area contributed by atoms with E-state index in [4.69, 9.17) is 11.6 Å². The lowest BCUT2D eigenvalue weighted by Crippen LogP contribution is -2.43. The molecular weight excluding hydrogens is 428 g/mol. The van der Waals surface area contributed by atoms with Gasteiger partial charge in [0.1, 0.15) is 0 Å². The molecule has 29 heavy (non-hydrogen) atoms. The summed E-state index contributed by atoms with van der Waals surface area (Å²) in [6.45, 7) is 1.33. The number of benzene rings is 2. The molecule has 0 saturated carbocycles. The zero-order valence-corrected chi connectivity index (χ0v) is 18.5. The number of sulfonamides is 1. The number of amides is 1. The van der Waals surface area contributed by atoms with Crippen molar-refractivity contribution in [1.29, 1.82) is 0 Å². The summed E-state index contributed by atoms with van der Waals surface area (Å²) < 4.78 is 26.9. The fraction of sp³-hybridized carbons (Fsp3) is 0.381. The van der Waals surface area contributed by atoms with Gasteiger partial charge < -0.3 is 5.32 Å². The molecule has 0 aliphatic carbocycles. The molecule has 0 aromatic heterocycles. The van der Waals surface area contributed by atoms with Crippen LogP contribution in [0.2, 0.25) is 5.02 Å². The first-order valence-corrected chi connectivity index (χ1v) is 12.6. The third kappa shape index (κ3) is 6.47. The van der Waals surface area contributed by atoms with E-state index in [-0.39, 0.29) is 17.6 Å². The van der Waals surface area contributed by atoms with Crippen LogP contribution in [0.25, 0.3) is 0 Å². The van der Waals surface area contributed by atoms with Crippen molar-refractivity contribution < 1.29 is 13.2 Å². The summed E-state index contributed by atoms with van der Waals surface area (Å²) in [5.74, 6) is 0.575. The standard InChI is InChI=1S/C21H25ClN2O3S2/c22-20-9-5-4-6-18(20)16-29(26,27)24-13-10-17(11-14-24)21(25)23-12-15-28-19-7-2-1-3-8-19/h1-9,17H,10-16H2,(H,23,25). The average Bonchev–Trinajstić information content (AvgIpc) is 2.73. The van der Waals surface area contributed by atoms with Crippen LogP contribution < -0.4 is 5.32 Å². The molecule has 1 N–H and O–H groups in total. The van der Waals surface area contributed by atoms with E-state index in [1.807, 2.05) is 30.3 Å². The zero-order valence-electron chi connectivity index (χ0n) is 16.1. The second-order valence-electron chi connectivity index (χ2n) is 6.97. The van der Waals surface area contributed by atoms with Gasteiger partial charge in [0, 0.05) is 41.2 Å². The van der Waals surface area contributed by atoms with Crippen molar-refractivity contribution in [3.63, 3.8) is 0 Å². The Hall–Kier alpha value is -1.54. The molecular formula is C21H25ClN2O3S2. The number of nitrogens with one attached hydrogen (secondary N) is 1. The van der Waals surface area contributed by atoms with Gasteiger partial charge in [0.15, 0.2) is 0 Å². The van der Waals surface area contributed by atoms with Gasteiger partial charge >= 0.3 is 0 Å². The molecule has 2 aromatic carbocycles. The Morgan fingerprint density at radius 2 is 1.72 bits per heavy atom.